The lowest BCUT2D eigenvalue weighted by molar-refractivity contribution is -0.123. The summed E-state index contributed by atoms with van der Waals surface area (Å²) in [5.74, 6) is -0.632. The van der Waals surface area contributed by atoms with Crippen molar-refractivity contribution in [1.29, 1.82) is 0 Å². The lowest BCUT2D eigenvalue weighted by Crippen LogP contribution is -2.58. The van der Waals surface area contributed by atoms with Crippen molar-refractivity contribution >= 4 is 57.7 Å². The van der Waals surface area contributed by atoms with E-state index in [4.69, 9.17) is 33.7 Å². The van der Waals surface area contributed by atoms with Gasteiger partial charge in [-0.1, -0.05) is 29.3 Å². The van der Waals surface area contributed by atoms with Crippen molar-refractivity contribution in [1.82, 2.24) is 20.2 Å². The van der Waals surface area contributed by atoms with E-state index in [1.165, 1.54) is 25.9 Å². The highest BCUT2D eigenvalue weighted by molar-refractivity contribution is 6.51. The molecule has 2 aliphatic heterocycles. The Kier molecular flexibility index (Phi) is 7.34. The number of benzene rings is 2. The second-order valence-electron chi connectivity index (χ2n) is 9.02. The predicted molar refractivity (Wildman–Crippen MR) is 143 cm³/mol. The summed E-state index contributed by atoms with van der Waals surface area (Å²) in [6, 6.07) is 10.2. The minimum Gasteiger partial charge on any atom is -0.493 e. The van der Waals surface area contributed by atoms with Crippen LogP contribution in [0.15, 0.2) is 41.4 Å². The zero-order chi connectivity index (χ0) is 26.0. The molecule has 1 fully saturated rings. The van der Waals surface area contributed by atoms with Gasteiger partial charge in [-0.05, 0) is 56.6 Å². The smallest absolute Gasteiger partial charge is 0.274 e. The molecule has 37 heavy (non-hydrogen) atoms. The minimum absolute atomic E-state index is 0.0220. The number of carbonyl (C=O) groups excluding carboxylic acids is 2. The number of hydrogen-bond donors (Lipinski definition) is 4. The van der Waals surface area contributed by atoms with E-state index in [0.29, 0.717) is 23.4 Å². The molecule has 0 spiro atoms. The second kappa shape index (κ2) is 10.7. The van der Waals surface area contributed by atoms with Crippen LogP contribution in [0.5, 0.6) is 5.75 Å². The Morgan fingerprint density at radius 1 is 1.16 bits per heavy atom. The maximum Gasteiger partial charge on any atom is 0.274 e. The molecule has 1 aromatic heterocycles. The van der Waals surface area contributed by atoms with Crippen LogP contribution in [0.2, 0.25) is 10.0 Å². The molecular weight excluding hydrogens is 517 g/mol. The fourth-order valence-electron chi connectivity index (χ4n) is 4.86. The first-order valence-corrected chi connectivity index (χ1v) is 12.8. The van der Waals surface area contributed by atoms with Crippen molar-refractivity contribution in [3.63, 3.8) is 0 Å². The zero-order valence-corrected chi connectivity index (χ0v) is 21.5. The van der Waals surface area contributed by atoms with Crippen molar-refractivity contribution in [2.75, 3.05) is 38.2 Å². The number of aliphatic imine (C=N–C) groups is 1. The number of anilines is 1. The summed E-state index contributed by atoms with van der Waals surface area (Å²) < 4.78 is 5.91. The topological polar surface area (TPSA) is 138 Å². The number of ether oxygens (including phenoxy) is 1. The fourth-order valence-corrected chi connectivity index (χ4v) is 5.54. The van der Waals surface area contributed by atoms with Crippen molar-refractivity contribution in [2.24, 2.45) is 10.7 Å². The molecule has 0 saturated carbocycles. The third-order valence-corrected chi connectivity index (χ3v) is 7.26. The molecule has 1 atom stereocenters. The molecule has 12 heteroatoms. The number of H-pyrrole nitrogens is 1. The number of carbonyl (C=O) groups is 2. The first-order valence-electron chi connectivity index (χ1n) is 12.1. The maximum atomic E-state index is 13.3. The molecule has 3 aromatic rings. The summed E-state index contributed by atoms with van der Waals surface area (Å²) in [5.41, 5.74) is 5.33. The number of amides is 2. The number of nitrogens with one attached hydrogen (secondary N) is 3. The molecule has 5 rings (SSSR count). The van der Waals surface area contributed by atoms with Gasteiger partial charge >= 0.3 is 0 Å². The van der Waals surface area contributed by atoms with Gasteiger partial charge in [0.05, 0.1) is 24.3 Å². The number of aromatic amines is 1. The third-order valence-electron chi connectivity index (χ3n) is 6.63. The van der Waals surface area contributed by atoms with Crippen LogP contribution in [0.3, 0.4) is 0 Å². The zero-order valence-electron chi connectivity index (χ0n) is 20.0. The number of imidazole rings is 1. The van der Waals surface area contributed by atoms with Crippen molar-refractivity contribution in [2.45, 2.75) is 24.8 Å². The summed E-state index contributed by atoms with van der Waals surface area (Å²) in [4.78, 5) is 40.1. The number of likely N-dealkylation sites (tertiary alicyclic amines) is 1. The number of aromatic nitrogens is 2. The SMILES string of the molecule is NC(=O)C1(c2c(Cl)cccc2Cl)NCN=C1C(=O)Nc1nc2ccc(OCCCN3CCCC3)cc2[nH]1. The van der Waals surface area contributed by atoms with Crippen LogP contribution in [-0.2, 0) is 15.1 Å². The van der Waals surface area contributed by atoms with Crippen LogP contribution in [0, 0.1) is 0 Å². The van der Waals surface area contributed by atoms with E-state index in [0.717, 1.165) is 13.0 Å². The van der Waals surface area contributed by atoms with Gasteiger partial charge in [-0.15, -0.1) is 0 Å². The van der Waals surface area contributed by atoms with Gasteiger partial charge in [0.2, 0.25) is 11.9 Å². The number of nitrogens with two attached hydrogens (primary N) is 1. The Balaban J connectivity index is 1.30. The maximum absolute atomic E-state index is 13.3. The van der Waals surface area contributed by atoms with E-state index in [1.54, 1.807) is 18.2 Å². The largest absolute Gasteiger partial charge is 0.493 e. The Morgan fingerprint density at radius 3 is 2.65 bits per heavy atom. The summed E-state index contributed by atoms with van der Waals surface area (Å²) in [6.45, 7) is 3.97. The molecule has 5 N–H and O–H groups in total. The van der Waals surface area contributed by atoms with Gasteiger partial charge in [-0.3, -0.25) is 25.2 Å². The molecule has 2 aromatic carbocycles. The third kappa shape index (κ3) is 5.02. The van der Waals surface area contributed by atoms with Gasteiger partial charge in [-0.25, -0.2) is 4.98 Å². The van der Waals surface area contributed by atoms with Gasteiger partial charge < -0.3 is 20.4 Å². The Labute approximate surface area is 223 Å². The first-order chi connectivity index (χ1) is 17.9. The lowest BCUT2D eigenvalue weighted by atomic mass is 9.84. The molecule has 0 bridgehead atoms. The van der Waals surface area contributed by atoms with E-state index in [9.17, 15) is 9.59 Å². The normalized spacial score (nSPS) is 19.8. The predicted octanol–water partition coefficient (Wildman–Crippen LogP) is 3.06. The van der Waals surface area contributed by atoms with E-state index >= 15 is 0 Å². The Morgan fingerprint density at radius 2 is 1.92 bits per heavy atom. The number of primary amides is 1. The standard InChI is InChI=1S/C25H27Cl2N7O3/c26-16-5-3-6-17(27)20(16)25(23(28)36)21(29-14-30-25)22(35)33-24-31-18-8-7-15(13-19(18)32-24)37-12-4-11-34-9-1-2-10-34/h3,5-8,13,30H,1-2,4,9-12,14H2,(H2,28,36)(H2,31,32,33,35). The van der Waals surface area contributed by atoms with Crippen LogP contribution in [0.25, 0.3) is 11.0 Å². The highest BCUT2D eigenvalue weighted by Crippen LogP contribution is 2.37. The van der Waals surface area contributed by atoms with Gasteiger partial charge in [0.25, 0.3) is 5.91 Å². The summed E-state index contributed by atoms with van der Waals surface area (Å²) in [5, 5.41) is 5.94. The van der Waals surface area contributed by atoms with Crippen LogP contribution >= 0.6 is 23.2 Å². The molecule has 0 aliphatic carbocycles. The molecule has 0 radical (unpaired) electrons. The van der Waals surface area contributed by atoms with E-state index in [-0.39, 0.29) is 33.9 Å². The molecule has 2 aliphatic rings. The molecule has 2 amide bonds. The van der Waals surface area contributed by atoms with E-state index < -0.39 is 17.4 Å². The number of nitrogens with zero attached hydrogens (tertiary/aromatic N) is 3. The Bertz CT molecular complexity index is 1350. The van der Waals surface area contributed by atoms with Gasteiger partial charge in [0, 0.05) is 28.2 Å². The highest BCUT2D eigenvalue weighted by Gasteiger charge is 2.51. The Hall–Kier alpha value is -3.18. The van der Waals surface area contributed by atoms with Gasteiger partial charge in [0.15, 0.2) is 5.54 Å². The van der Waals surface area contributed by atoms with Crippen LogP contribution < -0.4 is 21.1 Å². The highest BCUT2D eigenvalue weighted by atomic mass is 35.5. The monoisotopic (exact) mass is 543 g/mol. The lowest BCUT2D eigenvalue weighted by Gasteiger charge is -2.29. The van der Waals surface area contributed by atoms with Crippen molar-refractivity contribution in [3.8, 4) is 5.75 Å². The number of fused-ring (bicyclic) bond motifs is 1. The van der Waals surface area contributed by atoms with Crippen LogP contribution in [0.1, 0.15) is 24.8 Å². The van der Waals surface area contributed by atoms with Gasteiger partial charge in [-0.2, -0.15) is 0 Å². The molecular formula is C25H27Cl2N7O3. The van der Waals surface area contributed by atoms with Crippen LogP contribution in [0.4, 0.5) is 5.95 Å². The quantitative estimate of drug-likeness (QED) is 0.306. The molecule has 3 heterocycles. The van der Waals surface area contributed by atoms with Crippen molar-refractivity contribution in [3.05, 3.63) is 52.0 Å². The van der Waals surface area contributed by atoms with Crippen LogP contribution in [-0.4, -0.2) is 65.3 Å². The number of hydrogen-bond acceptors (Lipinski definition) is 7. The number of halogens is 2. The van der Waals surface area contributed by atoms with E-state index in [1.807, 2.05) is 18.2 Å². The first kappa shape index (κ1) is 25.5. The number of rotatable bonds is 9. The fraction of sp³-hybridized carbons (Fsp3) is 0.360. The molecule has 10 nitrogen and oxygen atoms in total. The average molecular weight is 544 g/mol. The average Bonchev–Trinajstić information content (AvgIpc) is 3.61. The summed E-state index contributed by atoms with van der Waals surface area (Å²) >= 11 is 12.7. The van der Waals surface area contributed by atoms with Crippen molar-refractivity contribution < 1.29 is 14.3 Å². The summed E-state index contributed by atoms with van der Waals surface area (Å²) in [7, 11) is 0. The van der Waals surface area contributed by atoms with Gasteiger partial charge in [0.1, 0.15) is 11.5 Å². The molecule has 1 saturated heterocycles. The molecule has 1 unspecified atom stereocenters. The second-order valence-corrected chi connectivity index (χ2v) is 9.84. The minimum atomic E-state index is -1.79. The molecule has 194 valence electrons. The summed E-state index contributed by atoms with van der Waals surface area (Å²) in [6.07, 6.45) is 3.50. The van der Waals surface area contributed by atoms with E-state index in [2.05, 4.69) is 30.5 Å².